The summed E-state index contributed by atoms with van der Waals surface area (Å²) in [5.74, 6) is -1.09. The van der Waals surface area contributed by atoms with Gasteiger partial charge in [0.05, 0.1) is 23.9 Å². The van der Waals surface area contributed by atoms with E-state index in [4.69, 9.17) is 16.3 Å². The lowest BCUT2D eigenvalue weighted by Crippen LogP contribution is -2.07. The van der Waals surface area contributed by atoms with Gasteiger partial charge in [-0.15, -0.1) is 0 Å². The van der Waals surface area contributed by atoms with E-state index in [0.29, 0.717) is 35.0 Å². The summed E-state index contributed by atoms with van der Waals surface area (Å²) in [6.07, 6.45) is 1.54. The lowest BCUT2D eigenvalue weighted by molar-refractivity contribution is 0.300. The van der Waals surface area contributed by atoms with Crippen LogP contribution in [0.25, 0.3) is 11.0 Å². The number of imidazole rings is 1. The van der Waals surface area contributed by atoms with Crippen molar-refractivity contribution < 1.29 is 13.5 Å². The second-order valence-corrected chi connectivity index (χ2v) is 4.93. The molecule has 0 fully saturated rings. The minimum atomic E-state index is -0.898. The second-order valence-electron chi connectivity index (χ2n) is 4.50. The van der Waals surface area contributed by atoms with Gasteiger partial charge in [-0.05, 0) is 24.3 Å². The van der Waals surface area contributed by atoms with Crippen LogP contribution in [0, 0.1) is 11.6 Å². The molecule has 1 aromatic heterocycles. The number of fused-ring (bicyclic) bond motifs is 1. The summed E-state index contributed by atoms with van der Waals surface area (Å²) in [4.78, 5) is 4.04. The van der Waals surface area contributed by atoms with E-state index in [-0.39, 0.29) is 0 Å². The van der Waals surface area contributed by atoms with Gasteiger partial charge in [-0.1, -0.05) is 11.6 Å². The number of aromatic nitrogens is 2. The smallest absolute Gasteiger partial charge is 0.161 e. The molecule has 21 heavy (non-hydrogen) atoms. The van der Waals surface area contributed by atoms with Gasteiger partial charge in [0.25, 0.3) is 0 Å². The molecule has 0 spiro atoms. The van der Waals surface area contributed by atoms with Gasteiger partial charge in [0.15, 0.2) is 11.6 Å². The van der Waals surface area contributed by atoms with Crippen LogP contribution in [0.2, 0.25) is 5.02 Å². The van der Waals surface area contributed by atoms with Gasteiger partial charge in [-0.2, -0.15) is 0 Å². The van der Waals surface area contributed by atoms with E-state index in [0.717, 1.165) is 12.1 Å². The number of nitrogens with zero attached hydrogens (tertiary/aromatic N) is 2. The van der Waals surface area contributed by atoms with Gasteiger partial charge in [0.2, 0.25) is 0 Å². The second kappa shape index (κ2) is 5.69. The molecule has 0 aliphatic rings. The van der Waals surface area contributed by atoms with E-state index in [1.807, 2.05) is 0 Å². The number of ether oxygens (including phenoxy) is 1. The van der Waals surface area contributed by atoms with E-state index in [1.54, 1.807) is 28.8 Å². The van der Waals surface area contributed by atoms with Crippen LogP contribution in [0.3, 0.4) is 0 Å². The maximum Gasteiger partial charge on any atom is 0.161 e. The molecule has 0 atom stereocenters. The maximum atomic E-state index is 13.3. The number of benzene rings is 2. The van der Waals surface area contributed by atoms with Crippen molar-refractivity contribution in [3.8, 4) is 5.75 Å². The molecular formula is C15H11ClF2N2O. The van der Waals surface area contributed by atoms with Crippen LogP contribution in [0.4, 0.5) is 8.78 Å². The van der Waals surface area contributed by atoms with E-state index in [1.165, 1.54) is 6.33 Å². The first-order valence-electron chi connectivity index (χ1n) is 6.32. The normalized spacial score (nSPS) is 11.0. The minimum Gasteiger partial charge on any atom is -0.492 e. The van der Waals surface area contributed by atoms with Crippen LogP contribution in [0.15, 0.2) is 42.7 Å². The molecule has 0 N–H and O–H groups in total. The first-order valence-corrected chi connectivity index (χ1v) is 6.69. The topological polar surface area (TPSA) is 27.1 Å². The third-order valence-corrected chi connectivity index (χ3v) is 3.33. The van der Waals surface area contributed by atoms with Crippen LogP contribution in [-0.4, -0.2) is 16.2 Å². The van der Waals surface area contributed by atoms with Crippen molar-refractivity contribution in [3.63, 3.8) is 0 Å². The molecule has 6 heteroatoms. The molecule has 1 heterocycles. The van der Waals surface area contributed by atoms with Gasteiger partial charge < -0.3 is 9.30 Å². The van der Waals surface area contributed by atoms with Gasteiger partial charge >= 0.3 is 0 Å². The van der Waals surface area contributed by atoms with Gasteiger partial charge in [-0.25, -0.2) is 13.8 Å². The quantitative estimate of drug-likeness (QED) is 0.727. The van der Waals surface area contributed by atoms with E-state index in [2.05, 4.69) is 4.98 Å². The van der Waals surface area contributed by atoms with Gasteiger partial charge in [0, 0.05) is 17.2 Å². The van der Waals surface area contributed by atoms with Crippen LogP contribution in [0.5, 0.6) is 5.75 Å². The SMILES string of the molecule is Fc1cc2ncn(CCOc3ccc(Cl)cc3)c2cc1F. The molecule has 0 saturated carbocycles. The van der Waals surface area contributed by atoms with Crippen molar-refractivity contribution in [2.75, 3.05) is 6.61 Å². The molecule has 0 radical (unpaired) electrons. The molecule has 2 aromatic carbocycles. The first kappa shape index (κ1) is 13.8. The number of rotatable bonds is 4. The summed E-state index contributed by atoms with van der Waals surface area (Å²) in [5, 5.41) is 0.639. The summed E-state index contributed by atoms with van der Waals surface area (Å²) >= 11 is 5.79. The summed E-state index contributed by atoms with van der Waals surface area (Å²) in [7, 11) is 0. The maximum absolute atomic E-state index is 13.3. The Balaban J connectivity index is 1.70. The molecule has 0 aliphatic carbocycles. The average Bonchev–Trinajstić information content (AvgIpc) is 2.84. The highest BCUT2D eigenvalue weighted by Crippen LogP contribution is 2.18. The number of hydrogen-bond donors (Lipinski definition) is 0. The predicted octanol–water partition coefficient (Wildman–Crippen LogP) is 4.05. The Kier molecular flexibility index (Phi) is 3.75. The highest BCUT2D eigenvalue weighted by molar-refractivity contribution is 6.30. The fourth-order valence-electron chi connectivity index (χ4n) is 2.02. The minimum absolute atomic E-state index is 0.381. The Labute approximate surface area is 124 Å². The van der Waals surface area contributed by atoms with Crippen molar-refractivity contribution in [2.45, 2.75) is 6.54 Å². The van der Waals surface area contributed by atoms with Crippen molar-refractivity contribution in [3.05, 3.63) is 59.4 Å². The van der Waals surface area contributed by atoms with Gasteiger partial charge in [0.1, 0.15) is 12.4 Å². The fraction of sp³-hybridized carbons (Fsp3) is 0.133. The molecule has 0 aliphatic heterocycles. The highest BCUT2D eigenvalue weighted by atomic mass is 35.5. The Bertz CT molecular complexity index is 771. The molecular weight excluding hydrogens is 298 g/mol. The average molecular weight is 309 g/mol. The zero-order chi connectivity index (χ0) is 14.8. The Hall–Kier alpha value is -2.14. The predicted molar refractivity (Wildman–Crippen MR) is 76.6 cm³/mol. The molecule has 0 saturated heterocycles. The van der Waals surface area contributed by atoms with Crippen molar-refractivity contribution in [1.82, 2.24) is 9.55 Å². The first-order chi connectivity index (χ1) is 10.1. The highest BCUT2D eigenvalue weighted by Gasteiger charge is 2.09. The Morgan fingerprint density at radius 1 is 1.10 bits per heavy atom. The zero-order valence-corrected chi connectivity index (χ0v) is 11.6. The third kappa shape index (κ3) is 2.97. The standard InChI is InChI=1S/C15H11ClF2N2O/c16-10-1-3-11(4-2-10)21-6-5-20-9-19-14-7-12(17)13(18)8-15(14)20/h1-4,7-9H,5-6H2. The molecule has 0 unspecified atom stereocenters. The molecule has 0 bridgehead atoms. The molecule has 0 amide bonds. The Morgan fingerprint density at radius 3 is 2.57 bits per heavy atom. The Morgan fingerprint density at radius 2 is 1.81 bits per heavy atom. The van der Waals surface area contributed by atoms with Crippen LogP contribution < -0.4 is 4.74 Å². The molecule has 3 rings (SSSR count). The summed E-state index contributed by atoms with van der Waals surface area (Å²) in [6, 6.07) is 9.23. The van der Waals surface area contributed by atoms with Crippen molar-refractivity contribution in [1.29, 1.82) is 0 Å². The lowest BCUT2D eigenvalue weighted by Gasteiger charge is -2.07. The number of halogens is 3. The van der Waals surface area contributed by atoms with E-state index < -0.39 is 11.6 Å². The monoisotopic (exact) mass is 308 g/mol. The zero-order valence-electron chi connectivity index (χ0n) is 10.9. The van der Waals surface area contributed by atoms with Crippen LogP contribution in [-0.2, 0) is 6.54 Å². The van der Waals surface area contributed by atoms with Crippen LogP contribution in [0.1, 0.15) is 0 Å². The van der Waals surface area contributed by atoms with E-state index in [9.17, 15) is 8.78 Å². The molecule has 108 valence electrons. The van der Waals surface area contributed by atoms with Crippen molar-refractivity contribution in [2.24, 2.45) is 0 Å². The number of hydrogen-bond acceptors (Lipinski definition) is 2. The lowest BCUT2D eigenvalue weighted by atomic mass is 10.3. The van der Waals surface area contributed by atoms with E-state index >= 15 is 0 Å². The van der Waals surface area contributed by atoms with Crippen molar-refractivity contribution >= 4 is 22.6 Å². The van der Waals surface area contributed by atoms with Crippen LogP contribution >= 0.6 is 11.6 Å². The summed E-state index contributed by atoms with van der Waals surface area (Å²) < 4.78 is 33.7. The summed E-state index contributed by atoms with van der Waals surface area (Å²) in [5.41, 5.74) is 0.953. The fourth-order valence-corrected chi connectivity index (χ4v) is 2.15. The largest absolute Gasteiger partial charge is 0.492 e. The summed E-state index contributed by atoms with van der Waals surface area (Å²) in [6.45, 7) is 0.857. The third-order valence-electron chi connectivity index (χ3n) is 3.08. The molecule has 3 aromatic rings. The van der Waals surface area contributed by atoms with Gasteiger partial charge in [-0.3, -0.25) is 0 Å². The molecule has 3 nitrogen and oxygen atoms in total.